The summed E-state index contributed by atoms with van der Waals surface area (Å²) in [6, 6.07) is 4.17. The summed E-state index contributed by atoms with van der Waals surface area (Å²) in [5.74, 6) is -0.0137. The second kappa shape index (κ2) is 6.17. The van der Waals surface area contributed by atoms with E-state index in [1.165, 1.54) is 12.1 Å². The Hall–Kier alpha value is -2.11. The SMILES string of the molecule is CCN(C)C(=O)C(C)Nc1ccc([N+](=O)[O-])cc1C. The lowest BCUT2D eigenvalue weighted by Crippen LogP contribution is -2.38. The number of aryl methyl sites for hydroxylation is 1. The van der Waals surface area contributed by atoms with Gasteiger partial charge in [-0.25, -0.2) is 0 Å². The highest BCUT2D eigenvalue weighted by molar-refractivity contribution is 5.84. The highest BCUT2D eigenvalue weighted by atomic mass is 16.6. The number of amides is 1. The molecule has 1 amide bonds. The van der Waals surface area contributed by atoms with E-state index in [9.17, 15) is 14.9 Å². The Balaban J connectivity index is 2.83. The van der Waals surface area contributed by atoms with E-state index in [2.05, 4.69) is 5.32 Å². The molecule has 0 aliphatic carbocycles. The van der Waals surface area contributed by atoms with Gasteiger partial charge in [0.2, 0.25) is 5.91 Å². The van der Waals surface area contributed by atoms with Crippen LogP contribution in [-0.4, -0.2) is 35.4 Å². The lowest BCUT2D eigenvalue weighted by Gasteiger charge is -2.22. The molecule has 0 heterocycles. The van der Waals surface area contributed by atoms with E-state index in [1.54, 1.807) is 31.9 Å². The molecule has 1 aromatic rings. The molecule has 1 rings (SSSR count). The molecular formula is C13H19N3O3. The maximum Gasteiger partial charge on any atom is 0.269 e. The Morgan fingerprint density at radius 2 is 2.16 bits per heavy atom. The number of carbonyl (C=O) groups is 1. The van der Waals surface area contributed by atoms with Crippen LogP contribution in [0.1, 0.15) is 19.4 Å². The predicted molar refractivity (Wildman–Crippen MR) is 74.2 cm³/mol. The average Bonchev–Trinajstić information content (AvgIpc) is 2.38. The van der Waals surface area contributed by atoms with Crippen LogP contribution in [0.15, 0.2) is 18.2 Å². The minimum Gasteiger partial charge on any atom is -0.374 e. The predicted octanol–water partition coefficient (Wildman–Crippen LogP) is 2.18. The standard InChI is InChI=1S/C13H19N3O3/c1-5-15(4)13(17)10(3)14-12-7-6-11(16(18)19)8-9(12)2/h6-8,10,14H,5H2,1-4H3. The van der Waals surface area contributed by atoms with Crippen LogP contribution in [0, 0.1) is 17.0 Å². The Kier molecular flexibility index (Phi) is 4.86. The molecule has 0 radical (unpaired) electrons. The molecule has 1 aromatic carbocycles. The van der Waals surface area contributed by atoms with Crippen LogP contribution in [0.5, 0.6) is 0 Å². The number of nitrogens with zero attached hydrogens (tertiary/aromatic N) is 2. The second-order valence-corrected chi connectivity index (χ2v) is 4.47. The van der Waals surface area contributed by atoms with Gasteiger partial charge in [-0.3, -0.25) is 14.9 Å². The molecule has 6 nitrogen and oxygen atoms in total. The molecule has 6 heteroatoms. The molecule has 0 aliphatic heterocycles. The monoisotopic (exact) mass is 265 g/mol. The van der Waals surface area contributed by atoms with Gasteiger partial charge in [-0.15, -0.1) is 0 Å². The lowest BCUT2D eigenvalue weighted by molar-refractivity contribution is -0.384. The highest BCUT2D eigenvalue weighted by Gasteiger charge is 2.17. The van der Waals surface area contributed by atoms with Crippen molar-refractivity contribution in [1.82, 2.24) is 4.90 Å². The van der Waals surface area contributed by atoms with Gasteiger partial charge in [0.25, 0.3) is 5.69 Å². The van der Waals surface area contributed by atoms with E-state index in [-0.39, 0.29) is 17.6 Å². The van der Waals surface area contributed by atoms with Crippen molar-refractivity contribution < 1.29 is 9.72 Å². The number of benzene rings is 1. The summed E-state index contributed by atoms with van der Waals surface area (Å²) < 4.78 is 0. The first kappa shape index (κ1) is 14.9. The lowest BCUT2D eigenvalue weighted by atomic mass is 10.1. The van der Waals surface area contributed by atoms with E-state index in [4.69, 9.17) is 0 Å². The van der Waals surface area contributed by atoms with Crippen molar-refractivity contribution in [2.24, 2.45) is 0 Å². The molecule has 0 saturated carbocycles. The summed E-state index contributed by atoms with van der Waals surface area (Å²) in [5, 5.41) is 13.7. The molecular weight excluding hydrogens is 246 g/mol. The number of likely N-dealkylation sites (N-methyl/N-ethyl adjacent to an activating group) is 1. The van der Waals surface area contributed by atoms with Crippen molar-refractivity contribution in [2.75, 3.05) is 18.9 Å². The first-order valence-electron chi connectivity index (χ1n) is 6.13. The molecule has 0 saturated heterocycles. The molecule has 1 N–H and O–H groups in total. The number of rotatable bonds is 5. The Bertz CT molecular complexity index is 488. The molecule has 0 fully saturated rings. The van der Waals surface area contributed by atoms with E-state index < -0.39 is 4.92 Å². The van der Waals surface area contributed by atoms with E-state index in [0.717, 1.165) is 11.3 Å². The Morgan fingerprint density at radius 3 is 2.63 bits per heavy atom. The third-order valence-corrected chi connectivity index (χ3v) is 3.01. The normalized spacial score (nSPS) is 11.8. The topological polar surface area (TPSA) is 75.5 Å². The van der Waals surface area contributed by atoms with Crippen molar-refractivity contribution in [3.8, 4) is 0 Å². The van der Waals surface area contributed by atoms with Crippen molar-refractivity contribution in [1.29, 1.82) is 0 Å². The van der Waals surface area contributed by atoms with Gasteiger partial charge in [0.1, 0.15) is 6.04 Å². The molecule has 0 aromatic heterocycles. The maximum absolute atomic E-state index is 11.9. The fraction of sp³-hybridized carbons (Fsp3) is 0.462. The zero-order valence-corrected chi connectivity index (χ0v) is 11.6. The summed E-state index contributed by atoms with van der Waals surface area (Å²) >= 11 is 0. The summed E-state index contributed by atoms with van der Waals surface area (Å²) in [4.78, 5) is 23.8. The van der Waals surface area contributed by atoms with Crippen LogP contribution in [0.25, 0.3) is 0 Å². The first-order chi connectivity index (χ1) is 8.86. The van der Waals surface area contributed by atoms with Crippen LogP contribution >= 0.6 is 0 Å². The van der Waals surface area contributed by atoms with E-state index >= 15 is 0 Å². The molecule has 0 aliphatic rings. The largest absolute Gasteiger partial charge is 0.374 e. The van der Waals surface area contributed by atoms with Crippen molar-refractivity contribution in [3.63, 3.8) is 0 Å². The van der Waals surface area contributed by atoms with Gasteiger partial charge in [-0.2, -0.15) is 0 Å². The van der Waals surface area contributed by atoms with Gasteiger partial charge in [-0.1, -0.05) is 0 Å². The number of hydrogen-bond donors (Lipinski definition) is 1. The zero-order chi connectivity index (χ0) is 14.6. The molecule has 19 heavy (non-hydrogen) atoms. The molecule has 104 valence electrons. The van der Waals surface area contributed by atoms with Crippen molar-refractivity contribution in [3.05, 3.63) is 33.9 Å². The zero-order valence-electron chi connectivity index (χ0n) is 11.6. The summed E-state index contributed by atoms with van der Waals surface area (Å²) in [5.41, 5.74) is 1.52. The van der Waals surface area contributed by atoms with Gasteiger partial charge >= 0.3 is 0 Å². The van der Waals surface area contributed by atoms with Crippen LogP contribution in [0.2, 0.25) is 0 Å². The van der Waals surface area contributed by atoms with Gasteiger partial charge in [0, 0.05) is 31.4 Å². The van der Waals surface area contributed by atoms with Crippen LogP contribution in [0.4, 0.5) is 11.4 Å². The van der Waals surface area contributed by atoms with E-state index in [0.29, 0.717) is 6.54 Å². The van der Waals surface area contributed by atoms with Crippen LogP contribution in [0.3, 0.4) is 0 Å². The quantitative estimate of drug-likeness (QED) is 0.654. The molecule has 1 atom stereocenters. The number of anilines is 1. The molecule has 0 bridgehead atoms. The fourth-order valence-corrected chi connectivity index (χ4v) is 1.70. The van der Waals surface area contributed by atoms with Gasteiger partial charge < -0.3 is 10.2 Å². The van der Waals surface area contributed by atoms with Crippen molar-refractivity contribution >= 4 is 17.3 Å². The van der Waals surface area contributed by atoms with Gasteiger partial charge in [-0.05, 0) is 32.4 Å². The molecule has 0 spiro atoms. The molecule has 1 unspecified atom stereocenters. The minimum atomic E-state index is -0.434. The number of carbonyl (C=O) groups excluding carboxylic acids is 1. The minimum absolute atomic E-state index is 0.0137. The van der Waals surface area contributed by atoms with Crippen LogP contribution < -0.4 is 5.32 Å². The fourth-order valence-electron chi connectivity index (χ4n) is 1.70. The Labute approximate surface area is 112 Å². The number of non-ortho nitro benzene ring substituents is 1. The highest BCUT2D eigenvalue weighted by Crippen LogP contribution is 2.21. The first-order valence-corrected chi connectivity index (χ1v) is 6.13. The van der Waals surface area contributed by atoms with Crippen LogP contribution in [-0.2, 0) is 4.79 Å². The number of nitro groups is 1. The smallest absolute Gasteiger partial charge is 0.269 e. The summed E-state index contributed by atoms with van der Waals surface area (Å²) in [7, 11) is 1.74. The number of nitrogens with one attached hydrogen (secondary N) is 1. The van der Waals surface area contributed by atoms with Crippen molar-refractivity contribution in [2.45, 2.75) is 26.8 Å². The number of nitro benzene ring substituents is 1. The summed E-state index contributed by atoms with van der Waals surface area (Å²) in [6.45, 7) is 6.09. The summed E-state index contributed by atoms with van der Waals surface area (Å²) in [6.07, 6.45) is 0. The maximum atomic E-state index is 11.9. The Morgan fingerprint density at radius 1 is 1.53 bits per heavy atom. The number of hydrogen-bond acceptors (Lipinski definition) is 4. The van der Waals surface area contributed by atoms with Gasteiger partial charge in [0.05, 0.1) is 4.92 Å². The van der Waals surface area contributed by atoms with E-state index in [1.807, 2.05) is 6.92 Å². The second-order valence-electron chi connectivity index (χ2n) is 4.47. The third kappa shape index (κ3) is 3.67. The van der Waals surface area contributed by atoms with Gasteiger partial charge in [0.15, 0.2) is 0 Å². The average molecular weight is 265 g/mol. The third-order valence-electron chi connectivity index (χ3n) is 3.01.